The van der Waals surface area contributed by atoms with Crippen LogP contribution in [0.15, 0.2) is 42.5 Å². The van der Waals surface area contributed by atoms with Gasteiger partial charge < -0.3 is 19.9 Å². The molecule has 1 N–H and O–H groups in total. The van der Waals surface area contributed by atoms with Crippen molar-refractivity contribution in [3.05, 3.63) is 53.6 Å². The molecule has 2 heterocycles. The van der Waals surface area contributed by atoms with E-state index in [0.29, 0.717) is 23.4 Å². The zero-order valence-corrected chi connectivity index (χ0v) is 16.2. The Morgan fingerprint density at radius 1 is 1.17 bits per heavy atom. The standard InChI is InChI=1S/C21H20F3N3O3/c1-26-17-11-13(8-9-16(17)20(29)27-10-3-2-7-18(26)27)19(28)25-14-5-4-6-15(12-14)30-21(22,23)24/h4-6,8-9,11-12,18H,2-3,7,10H2,1H3,(H,25,28). The summed E-state index contributed by atoms with van der Waals surface area (Å²) in [6, 6.07) is 9.88. The Hall–Kier alpha value is -3.23. The maximum Gasteiger partial charge on any atom is 0.573 e. The van der Waals surface area contributed by atoms with Crippen LogP contribution >= 0.6 is 0 Å². The first kappa shape index (κ1) is 20.1. The minimum atomic E-state index is -4.81. The molecule has 0 saturated carbocycles. The van der Waals surface area contributed by atoms with Crippen molar-refractivity contribution in [1.29, 1.82) is 0 Å². The molecule has 2 aromatic carbocycles. The van der Waals surface area contributed by atoms with Gasteiger partial charge in [0.2, 0.25) is 0 Å². The number of nitrogens with one attached hydrogen (secondary N) is 1. The van der Waals surface area contributed by atoms with Gasteiger partial charge in [-0.05, 0) is 49.6 Å². The van der Waals surface area contributed by atoms with E-state index in [-0.39, 0.29) is 17.8 Å². The number of hydrogen-bond donors (Lipinski definition) is 1. The number of fused-ring (bicyclic) bond motifs is 2. The van der Waals surface area contributed by atoms with Gasteiger partial charge in [0, 0.05) is 30.9 Å². The number of benzene rings is 2. The molecule has 0 bridgehead atoms. The fourth-order valence-electron chi connectivity index (χ4n) is 3.99. The first-order valence-electron chi connectivity index (χ1n) is 9.58. The van der Waals surface area contributed by atoms with Crippen LogP contribution in [-0.2, 0) is 0 Å². The van der Waals surface area contributed by atoms with E-state index in [1.807, 2.05) is 16.8 Å². The van der Waals surface area contributed by atoms with Crippen LogP contribution in [0.4, 0.5) is 24.5 Å². The number of hydrogen-bond acceptors (Lipinski definition) is 4. The molecule has 158 valence electrons. The second-order valence-electron chi connectivity index (χ2n) is 7.35. The van der Waals surface area contributed by atoms with Crippen molar-refractivity contribution in [2.45, 2.75) is 31.8 Å². The molecule has 9 heteroatoms. The summed E-state index contributed by atoms with van der Waals surface area (Å²) in [7, 11) is 1.90. The van der Waals surface area contributed by atoms with Crippen LogP contribution in [0.1, 0.15) is 40.0 Å². The molecule has 1 saturated heterocycles. The Labute approximate surface area is 171 Å². The third-order valence-electron chi connectivity index (χ3n) is 5.37. The van der Waals surface area contributed by atoms with E-state index >= 15 is 0 Å². The van der Waals surface area contributed by atoms with E-state index in [0.717, 1.165) is 31.4 Å². The number of carbonyl (C=O) groups excluding carboxylic acids is 2. The Morgan fingerprint density at radius 3 is 2.73 bits per heavy atom. The molecule has 0 radical (unpaired) electrons. The summed E-state index contributed by atoms with van der Waals surface area (Å²) in [6.45, 7) is 0.714. The van der Waals surface area contributed by atoms with Gasteiger partial charge in [0.1, 0.15) is 11.9 Å². The highest BCUT2D eigenvalue weighted by Crippen LogP contribution is 2.35. The van der Waals surface area contributed by atoms with Crippen molar-refractivity contribution in [2.24, 2.45) is 0 Å². The minimum Gasteiger partial charge on any atom is -0.406 e. The molecule has 2 aromatic rings. The van der Waals surface area contributed by atoms with Gasteiger partial charge in [-0.3, -0.25) is 9.59 Å². The van der Waals surface area contributed by atoms with E-state index in [4.69, 9.17) is 0 Å². The fraction of sp³-hybridized carbons (Fsp3) is 0.333. The monoisotopic (exact) mass is 419 g/mol. The molecule has 0 aliphatic carbocycles. The molecule has 6 nitrogen and oxygen atoms in total. The number of ether oxygens (including phenoxy) is 1. The van der Waals surface area contributed by atoms with Crippen LogP contribution < -0.4 is 15.0 Å². The first-order chi connectivity index (χ1) is 14.2. The highest BCUT2D eigenvalue weighted by atomic mass is 19.4. The lowest BCUT2D eigenvalue weighted by atomic mass is 9.97. The summed E-state index contributed by atoms with van der Waals surface area (Å²) >= 11 is 0. The highest BCUT2D eigenvalue weighted by molar-refractivity contribution is 6.08. The number of alkyl halides is 3. The average molecular weight is 419 g/mol. The van der Waals surface area contributed by atoms with Gasteiger partial charge in [0.25, 0.3) is 11.8 Å². The summed E-state index contributed by atoms with van der Waals surface area (Å²) in [5.41, 5.74) is 1.68. The molecule has 1 fully saturated rings. The molecule has 4 rings (SSSR count). The fourth-order valence-corrected chi connectivity index (χ4v) is 3.99. The van der Waals surface area contributed by atoms with Gasteiger partial charge in [-0.25, -0.2) is 0 Å². The van der Waals surface area contributed by atoms with Crippen molar-refractivity contribution >= 4 is 23.2 Å². The molecule has 1 unspecified atom stereocenters. The van der Waals surface area contributed by atoms with Crippen LogP contribution in [-0.4, -0.2) is 42.8 Å². The summed E-state index contributed by atoms with van der Waals surface area (Å²) in [4.78, 5) is 29.4. The third-order valence-corrected chi connectivity index (χ3v) is 5.37. The molecule has 0 aromatic heterocycles. The normalized spacial score (nSPS) is 18.5. The van der Waals surface area contributed by atoms with Crippen molar-refractivity contribution in [3.8, 4) is 5.75 Å². The number of carbonyl (C=O) groups is 2. The maximum atomic E-state index is 12.8. The van der Waals surface area contributed by atoms with Crippen molar-refractivity contribution in [3.63, 3.8) is 0 Å². The van der Waals surface area contributed by atoms with Crippen LogP contribution in [0.5, 0.6) is 5.75 Å². The molecule has 2 aliphatic rings. The zero-order valence-electron chi connectivity index (χ0n) is 16.2. The minimum absolute atomic E-state index is 0.0340. The lowest BCUT2D eigenvalue weighted by molar-refractivity contribution is -0.274. The van der Waals surface area contributed by atoms with Crippen LogP contribution in [0, 0.1) is 0 Å². The van der Waals surface area contributed by atoms with E-state index in [1.54, 1.807) is 18.2 Å². The third kappa shape index (κ3) is 3.92. The Balaban J connectivity index is 1.56. The lowest BCUT2D eigenvalue weighted by Crippen LogP contribution is -2.55. The molecule has 2 amide bonds. The number of piperidine rings is 1. The molecular formula is C21H20F3N3O3. The van der Waals surface area contributed by atoms with Crippen LogP contribution in [0.25, 0.3) is 0 Å². The summed E-state index contributed by atoms with van der Waals surface area (Å²) < 4.78 is 41.1. The van der Waals surface area contributed by atoms with E-state index in [2.05, 4.69) is 10.1 Å². The van der Waals surface area contributed by atoms with Gasteiger partial charge in [0.15, 0.2) is 0 Å². The number of nitrogens with zero attached hydrogens (tertiary/aromatic N) is 2. The molecule has 2 aliphatic heterocycles. The summed E-state index contributed by atoms with van der Waals surface area (Å²) in [6.07, 6.45) is -1.98. The number of rotatable bonds is 3. The smallest absolute Gasteiger partial charge is 0.406 e. The van der Waals surface area contributed by atoms with Crippen LogP contribution in [0.2, 0.25) is 0 Å². The SMILES string of the molecule is CN1c2cc(C(=O)Nc3cccc(OC(F)(F)F)c3)ccc2C(=O)N2CCCCC21. The molecule has 1 atom stereocenters. The van der Waals surface area contributed by atoms with E-state index in [1.165, 1.54) is 12.1 Å². The number of anilines is 2. The summed E-state index contributed by atoms with van der Waals surface area (Å²) in [5.74, 6) is -0.959. The molecule has 0 spiro atoms. The molecular weight excluding hydrogens is 399 g/mol. The number of amides is 2. The van der Waals surface area contributed by atoms with E-state index < -0.39 is 18.0 Å². The molecule has 30 heavy (non-hydrogen) atoms. The highest BCUT2D eigenvalue weighted by Gasteiger charge is 2.37. The largest absolute Gasteiger partial charge is 0.573 e. The second-order valence-corrected chi connectivity index (χ2v) is 7.35. The predicted octanol–water partition coefficient (Wildman–Crippen LogP) is 4.24. The van der Waals surface area contributed by atoms with Gasteiger partial charge in [0.05, 0.1) is 11.3 Å². The van der Waals surface area contributed by atoms with E-state index in [9.17, 15) is 22.8 Å². The summed E-state index contributed by atoms with van der Waals surface area (Å²) in [5, 5.41) is 2.57. The van der Waals surface area contributed by atoms with Gasteiger partial charge in [-0.2, -0.15) is 0 Å². The van der Waals surface area contributed by atoms with Crippen molar-refractivity contribution < 1.29 is 27.5 Å². The zero-order chi connectivity index (χ0) is 21.5. The lowest BCUT2D eigenvalue weighted by Gasteiger charge is -2.46. The Morgan fingerprint density at radius 2 is 1.97 bits per heavy atom. The maximum absolute atomic E-state index is 12.8. The number of halogens is 3. The van der Waals surface area contributed by atoms with Gasteiger partial charge in [-0.15, -0.1) is 13.2 Å². The first-order valence-corrected chi connectivity index (χ1v) is 9.58. The Bertz CT molecular complexity index is 993. The van der Waals surface area contributed by atoms with Crippen molar-refractivity contribution in [2.75, 3.05) is 23.8 Å². The van der Waals surface area contributed by atoms with Gasteiger partial charge in [-0.1, -0.05) is 6.07 Å². The van der Waals surface area contributed by atoms with Crippen molar-refractivity contribution in [1.82, 2.24) is 4.90 Å². The predicted molar refractivity (Wildman–Crippen MR) is 105 cm³/mol. The van der Waals surface area contributed by atoms with Crippen LogP contribution in [0.3, 0.4) is 0 Å². The average Bonchev–Trinajstić information content (AvgIpc) is 2.70. The quantitative estimate of drug-likeness (QED) is 0.809. The Kier molecular flexibility index (Phi) is 5.05. The second kappa shape index (κ2) is 7.55. The topological polar surface area (TPSA) is 61.9 Å². The van der Waals surface area contributed by atoms with Gasteiger partial charge >= 0.3 is 6.36 Å².